The first kappa shape index (κ1) is 15.1. The van der Waals surface area contributed by atoms with Gasteiger partial charge < -0.3 is 9.67 Å². The predicted molar refractivity (Wildman–Crippen MR) is 92.9 cm³/mol. The summed E-state index contributed by atoms with van der Waals surface area (Å²) in [6.45, 7) is 0.496. The van der Waals surface area contributed by atoms with Gasteiger partial charge in [-0.2, -0.15) is 5.10 Å². The van der Waals surface area contributed by atoms with Crippen LogP contribution in [0, 0.1) is 0 Å². The molecule has 1 aliphatic rings. The number of aromatic nitrogens is 2. The molecule has 0 atom stereocenters. The Bertz CT molecular complexity index is 1070. The summed E-state index contributed by atoms with van der Waals surface area (Å²) in [5, 5.41) is 14.8. The maximum Gasteiger partial charge on any atom is 0.280 e. The number of hydrogen-bond donors (Lipinski definition) is 2. The van der Waals surface area contributed by atoms with Crippen LogP contribution in [-0.4, -0.2) is 26.8 Å². The molecule has 0 saturated heterocycles. The maximum absolute atomic E-state index is 12.6. The predicted octanol–water partition coefficient (Wildman–Crippen LogP) is 1.42. The average molecular weight is 334 g/mol. The Balaban J connectivity index is 1.72. The fraction of sp³-hybridized carbons (Fsp3) is 0.111. The molecule has 25 heavy (non-hydrogen) atoms. The van der Waals surface area contributed by atoms with Crippen molar-refractivity contribution in [3.05, 3.63) is 69.8 Å². The number of amides is 1. The largest absolute Gasteiger partial charge is 0.506 e. The van der Waals surface area contributed by atoms with Gasteiger partial charge in [0.2, 0.25) is 0 Å². The Morgan fingerprint density at radius 1 is 1.28 bits per heavy atom. The third-order valence-electron chi connectivity index (χ3n) is 4.26. The normalized spacial score (nSPS) is 12.8. The molecule has 1 aromatic carbocycles. The van der Waals surface area contributed by atoms with Gasteiger partial charge in [0.05, 0.1) is 11.7 Å². The van der Waals surface area contributed by atoms with Gasteiger partial charge in [0.15, 0.2) is 0 Å². The van der Waals surface area contributed by atoms with E-state index in [4.69, 9.17) is 0 Å². The second-order valence-electron chi connectivity index (χ2n) is 5.72. The highest BCUT2D eigenvalue weighted by atomic mass is 16.3. The number of hydrogen-bond acceptors (Lipinski definition) is 5. The van der Waals surface area contributed by atoms with Crippen LogP contribution in [-0.2, 0) is 13.0 Å². The van der Waals surface area contributed by atoms with Crippen molar-refractivity contribution in [2.45, 2.75) is 13.0 Å². The fourth-order valence-corrected chi connectivity index (χ4v) is 3.10. The summed E-state index contributed by atoms with van der Waals surface area (Å²) in [5.74, 6) is -1.05. The van der Waals surface area contributed by atoms with Crippen molar-refractivity contribution in [1.82, 2.24) is 15.0 Å². The van der Waals surface area contributed by atoms with Crippen LogP contribution in [0.4, 0.5) is 0 Å². The van der Waals surface area contributed by atoms with Gasteiger partial charge in [0, 0.05) is 24.3 Å². The zero-order chi connectivity index (χ0) is 17.4. The molecule has 0 aliphatic carbocycles. The molecule has 0 fully saturated rings. The number of aromatic hydroxyl groups is 1. The minimum absolute atomic E-state index is 0.293. The highest BCUT2D eigenvalue weighted by Gasteiger charge is 2.25. The second-order valence-corrected chi connectivity index (χ2v) is 5.72. The zero-order valence-electron chi connectivity index (χ0n) is 13.1. The van der Waals surface area contributed by atoms with Gasteiger partial charge in [-0.15, -0.1) is 0 Å². The highest BCUT2D eigenvalue weighted by Crippen LogP contribution is 2.31. The van der Waals surface area contributed by atoms with Crippen molar-refractivity contribution in [2.75, 3.05) is 0 Å². The first-order valence-corrected chi connectivity index (χ1v) is 7.77. The number of rotatable bonds is 3. The summed E-state index contributed by atoms with van der Waals surface area (Å²) in [6.07, 6.45) is 5.35. The molecule has 3 aromatic rings. The summed E-state index contributed by atoms with van der Waals surface area (Å²) in [4.78, 5) is 28.9. The molecule has 124 valence electrons. The van der Waals surface area contributed by atoms with Crippen LogP contribution in [0.25, 0.3) is 10.9 Å². The first-order valence-electron chi connectivity index (χ1n) is 7.77. The van der Waals surface area contributed by atoms with Crippen LogP contribution in [0.2, 0.25) is 0 Å². The van der Waals surface area contributed by atoms with Gasteiger partial charge in [-0.25, -0.2) is 5.43 Å². The summed E-state index contributed by atoms with van der Waals surface area (Å²) in [6, 6.07) is 8.87. The van der Waals surface area contributed by atoms with E-state index < -0.39 is 11.5 Å². The Morgan fingerprint density at radius 3 is 2.88 bits per heavy atom. The minimum atomic E-state index is -0.740. The quantitative estimate of drug-likeness (QED) is 0.559. The van der Waals surface area contributed by atoms with Crippen molar-refractivity contribution in [1.29, 1.82) is 0 Å². The Kier molecular flexibility index (Phi) is 3.53. The molecule has 3 heterocycles. The molecule has 7 heteroatoms. The lowest BCUT2D eigenvalue weighted by Gasteiger charge is -2.10. The second kappa shape index (κ2) is 5.86. The number of pyridine rings is 2. The van der Waals surface area contributed by atoms with Gasteiger partial charge in [-0.1, -0.05) is 12.1 Å². The van der Waals surface area contributed by atoms with E-state index in [9.17, 15) is 14.7 Å². The lowest BCUT2D eigenvalue weighted by Crippen LogP contribution is -2.30. The monoisotopic (exact) mass is 334 g/mol. The van der Waals surface area contributed by atoms with Crippen LogP contribution in [0.1, 0.15) is 21.5 Å². The van der Waals surface area contributed by atoms with Gasteiger partial charge in [-0.3, -0.25) is 14.6 Å². The zero-order valence-corrected chi connectivity index (χ0v) is 13.1. The topological polar surface area (TPSA) is 96.6 Å². The first-order chi connectivity index (χ1) is 12.2. The van der Waals surface area contributed by atoms with Crippen molar-refractivity contribution < 1.29 is 9.90 Å². The average Bonchev–Trinajstić information content (AvgIpc) is 3.06. The van der Waals surface area contributed by atoms with E-state index in [1.165, 1.54) is 10.8 Å². The fourth-order valence-electron chi connectivity index (χ4n) is 3.10. The van der Waals surface area contributed by atoms with E-state index in [0.29, 0.717) is 23.9 Å². The van der Waals surface area contributed by atoms with E-state index in [-0.39, 0.29) is 11.3 Å². The third-order valence-corrected chi connectivity index (χ3v) is 4.26. The highest BCUT2D eigenvalue weighted by molar-refractivity contribution is 6.03. The number of aryl methyl sites for hydroxylation is 2. The standard InChI is InChI=1S/C18H14N4O3/c23-16-13-3-1-2-12-6-9-22(15(12)13)18(25)14(16)17(24)21-20-10-11-4-7-19-8-5-11/h1-5,7-8,10,23H,6,9H2,(H,21,24). The van der Waals surface area contributed by atoms with E-state index in [1.54, 1.807) is 36.7 Å². The molecule has 4 rings (SSSR count). The number of nitrogens with zero attached hydrogens (tertiary/aromatic N) is 3. The molecule has 1 amide bonds. The molecular weight excluding hydrogens is 320 g/mol. The maximum atomic E-state index is 12.6. The van der Waals surface area contributed by atoms with E-state index in [1.807, 2.05) is 6.07 Å². The van der Waals surface area contributed by atoms with Crippen molar-refractivity contribution in [3.8, 4) is 5.75 Å². The summed E-state index contributed by atoms with van der Waals surface area (Å²) >= 11 is 0. The van der Waals surface area contributed by atoms with Gasteiger partial charge in [0.25, 0.3) is 11.5 Å². The van der Waals surface area contributed by atoms with E-state index in [0.717, 1.165) is 11.1 Å². The molecule has 0 radical (unpaired) electrons. The third kappa shape index (κ3) is 2.46. The van der Waals surface area contributed by atoms with E-state index in [2.05, 4.69) is 15.5 Å². The smallest absolute Gasteiger partial charge is 0.280 e. The SMILES string of the molecule is O=C(NN=Cc1ccncc1)c1c(O)c2cccc3c2n(c1=O)CC3. The van der Waals surface area contributed by atoms with Crippen molar-refractivity contribution in [2.24, 2.45) is 5.10 Å². The number of hydrazone groups is 1. The number of nitrogens with one attached hydrogen (secondary N) is 1. The van der Waals surface area contributed by atoms with Crippen LogP contribution in [0.5, 0.6) is 5.75 Å². The molecule has 7 nitrogen and oxygen atoms in total. The summed E-state index contributed by atoms with van der Waals surface area (Å²) < 4.78 is 1.53. The number of para-hydroxylation sites is 1. The van der Waals surface area contributed by atoms with Gasteiger partial charge in [0.1, 0.15) is 11.3 Å². The molecule has 2 N–H and O–H groups in total. The van der Waals surface area contributed by atoms with Crippen LogP contribution < -0.4 is 11.0 Å². The van der Waals surface area contributed by atoms with Gasteiger partial charge in [-0.05, 0) is 35.7 Å². The number of carbonyl (C=O) groups excluding carboxylic acids is 1. The molecule has 0 saturated carbocycles. The summed E-state index contributed by atoms with van der Waals surface area (Å²) in [7, 11) is 0. The molecular formula is C18H14N4O3. The van der Waals surface area contributed by atoms with Crippen LogP contribution in [0.3, 0.4) is 0 Å². The van der Waals surface area contributed by atoms with Crippen LogP contribution >= 0.6 is 0 Å². The number of benzene rings is 1. The molecule has 0 bridgehead atoms. The molecule has 2 aromatic heterocycles. The molecule has 1 aliphatic heterocycles. The van der Waals surface area contributed by atoms with E-state index >= 15 is 0 Å². The minimum Gasteiger partial charge on any atom is -0.506 e. The van der Waals surface area contributed by atoms with Crippen LogP contribution in [0.15, 0.2) is 52.6 Å². The van der Waals surface area contributed by atoms with Crippen molar-refractivity contribution >= 4 is 23.0 Å². The van der Waals surface area contributed by atoms with Crippen molar-refractivity contribution in [3.63, 3.8) is 0 Å². The summed E-state index contributed by atoms with van der Waals surface area (Å²) in [5.41, 5.74) is 3.94. The lowest BCUT2D eigenvalue weighted by molar-refractivity contribution is 0.0950. The number of carbonyl (C=O) groups is 1. The Hall–Kier alpha value is -3.48. The Labute approximate surface area is 142 Å². The lowest BCUT2D eigenvalue weighted by atomic mass is 10.1. The Morgan fingerprint density at radius 2 is 2.08 bits per heavy atom. The van der Waals surface area contributed by atoms with Gasteiger partial charge >= 0.3 is 0 Å². The molecule has 0 spiro atoms. The molecule has 0 unspecified atom stereocenters.